The summed E-state index contributed by atoms with van der Waals surface area (Å²) in [6.45, 7) is 3.36. The Kier molecular flexibility index (Phi) is 9.74. The van der Waals surface area contributed by atoms with E-state index >= 15 is 0 Å². The maximum absolute atomic E-state index is 14.0. The number of carbonyl (C=O) groups is 1. The molecule has 0 aliphatic carbocycles. The quantitative estimate of drug-likeness (QED) is 0.353. The summed E-state index contributed by atoms with van der Waals surface area (Å²) in [6.07, 6.45) is 1.68. The van der Waals surface area contributed by atoms with Crippen LogP contribution in [0.3, 0.4) is 0 Å². The Morgan fingerprint density at radius 3 is 2.45 bits per heavy atom. The molecular weight excluding hydrogens is 478 g/mol. The van der Waals surface area contributed by atoms with E-state index in [0.717, 1.165) is 31.6 Å². The van der Waals surface area contributed by atoms with Crippen molar-refractivity contribution in [1.82, 2.24) is 5.32 Å². The van der Waals surface area contributed by atoms with Gasteiger partial charge in [0, 0.05) is 37.9 Å². The Hall–Kier alpha value is -3.86. The molecule has 2 atom stereocenters. The van der Waals surface area contributed by atoms with Crippen molar-refractivity contribution in [3.8, 4) is 17.6 Å². The molecule has 4 rings (SSSR count). The van der Waals surface area contributed by atoms with Crippen LogP contribution >= 0.6 is 0 Å². The molecule has 0 saturated carbocycles. The lowest BCUT2D eigenvalue weighted by atomic mass is 9.89. The van der Waals surface area contributed by atoms with E-state index in [2.05, 4.69) is 35.7 Å². The van der Waals surface area contributed by atoms with Crippen molar-refractivity contribution in [3.05, 3.63) is 89.5 Å². The summed E-state index contributed by atoms with van der Waals surface area (Å²) in [5.74, 6) is 1.66. The summed E-state index contributed by atoms with van der Waals surface area (Å²) in [7, 11) is 3.24. The van der Waals surface area contributed by atoms with Crippen LogP contribution in [0.25, 0.3) is 0 Å². The second-order valence-corrected chi connectivity index (χ2v) is 9.50. The lowest BCUT2D eigenvalue weighted by Crippen LogP contribution is -2.38. The molecule has 0 radical (unpaired) electrons. The predicted octanol–water partition coefficient (Wildman–Crippen LogP) is 4.71. The molecule has 1 N–H and O–H groups in total. The zero-order valence-corrected chi connectivity index (χ0v) is 22.1. The Labute approximate surface area is 224 Å². The minimum Gasteiger partial charge on any atom is -0.493 e. The summed E-state index contributed by atoms with van der Waals surface area (Å²) < 4.78 is 16.5. The summed E-state index contributed by atoms with van der Waals surface area (Å²) >= 11 is 0. The Morgan fingerprint density at radius 1 is 0.974 bits per heavy atom. The molecule has 0 spiro atoms. The van der Waals surface area contributed by atoms with Crippen molar-refractivity contribution in [1.29, 1.82) is 5.26 Å². The van der Waals surface area contributed by atoms with Gasteiger partial charge in [-0.3, -0.25) is 4.79 Å². The van der Waals surface area contributed by atoms with Gasteiger partial charge in [0.15, 0.2) is 11.5 Å². The molecule has 0 bridgehead atoms. The zero-order valence-electron chi connectivity index (χ0n) is 22.1. The van der Waals surface area contributed by atoms with E-state index in [-0.39, 0.29) is 11.8 Å². The van der Waals surface area contributed by atoms with E-state index in [4.69, 9.17) is 14.2 Å². The number of anilines is 1. The average Bonchev–Trinajstić information content (AvgIpc) is 3.40. The predicted molar refractivity (Wildman–Crippen MR) is 148 cm³/mol. The van der Waals surface area contributed by atoms with Crippen LogP contribution in [0.4, 0.5) is 5.69 Å². The highest BCUT2D eigenvalue weighted by Gasteiger charge is 2.31. The van der Waals surface area contributed by atoms with Crippen molar-refractivity contribution in [2.45, 2.75) is 12.8 Å². The van der Waals surface area contributed by atoms with Gasteiger partial charge in [-0.1, -0.05) is 30.3 Å². The monoisotopic (exact) mass is 513 g/mol. The van der Waals surface area contributed by atoms with E-state index in [9.17, 15) is 10.1 Å². The van der Waals surface area contributed by atoms with Gasteiger partial charge in [-0.2, -0.15) is 5.26 Å². The second-order valence-electron chi connectivity index (χ2n) is 9.50. The number of nitrogens with one attached hydrogen (secondary N) is 1. The highest BCUT2D eigenvalue weighted by molar-refractivity contribution is 6.06. The van der Waals surface area contributed by atoms with Crippen LogP contribution in [-0.4, -0.2) is 53.0 Å². The van der Waals surface area contributed by atoms with Crippen LogP contribution in [0.15, 0.2) is 72.8 Å². The van der Waals surface area contributed by atoms with Crippen LogP contribution in [0.2, 0.25) is 0 Å². The van der Waals surface area contributed by atoms with Crippen molar-refractivity contribution in [3.63, 3.8) is 0 Å². The smallest absolute Gasteiger partial charge is 0.258 e. The molecule has 198 valence electrons. The third kappa shape index (κ3) is 6.91. The number of nitrogens with zero attached hydrogens (tertiary/aromatic N) is 2. The molecule has 1 fully saturated rings. The van der Waals surface area contributed by atoms with E-state index < -0.39 is 0 Å². The van der Waals surface area contributed by atoms with E-state index in [0.29, 0.717) is 48.3 Å². The summed E-state index contributed by atoms with van der Waals surface area (Å²) in [5, 5.41) is 12.8. The molecule has 1 aliphatic rings. The fourth-order valence-electron chi connectivity index (χ4n) is 4.88. The number of benzene rings is 3. The molecule has 0 unspecified atom stereocenters. The van der Waals surface area contributed by atoms with Gasteiger partial charge < -0.3 is 24.4 Å². The molecule has 0 aromatic heterocycles. The first-order valence-corrected chi connectivity index (χ1v) is 13.0. The summed E-state index contributed by atoms with van der Waals surface area (Å²) in [6, 6.07) is 25.1. The molecule has 3 aromatic rings. The van der Waals surface area contributed by atoms with Gasteiger partial charge in [0.2, 0.25) is 0 Å². The molecule has 1 heterocycles. The number of hydrogen-bond acceptors (Lipinski definition) is 6. The first kappa shape index (κ1) is 27.2. The first-order chi connectivity index (χ1) is 18.6. The number of amides is 1. The Balaban J connectivity index is 1.59. The highest BCUT2D eigenvalue weighted by atomic mass is 16.5. The number of hydrogen-bond donors (Lipinski definition) is 1. The van der Waals surface area contributed by atoms with E-state index in [1.807, 2.05) is 23.1 Å². The van der Waals surface area contributed by atoms with Crippen LogP contribution in [0, 0.1) is 23.2 Å². The van der Waals surface area contributed by atoms with Crippen LogP contribution < -0.4 is 19.7 Å². The van der Waals surface area contributed by atoms with E-state index in [1.54, 1.807) is 44.6 Å². The van der Waals surface area contributed by atoms with Gasteiger partial charge in [-0.15, -0.1) is 0 Å². The van der Waals surface area contributed by atoms with Gasteiger partial charge in [0.05, 0.1) is 25.3 Å². The standard InChI is InChI=1S/C31H35N3O4/c1-36-15-6-16-38-30-18-25(11-14-29(30)37-2)31(35)34(28-12-9-24(19-32)10-13-28)22-27-21-33-20-26(27)17-23-7-4-3-5-8-23/h3-5,7-14,18,26-27,33H,6,15-17,20-22H2,1-2H3/t26-,27+/m0/s1. The average molecular weight is 514 g/mol. The highest BCUT2D eigenvalue weighted by Crippen LogP contribution is 2.31. The Morgan fingerprint density at radius 2 is 1.74 bits per heavy atom. The van der Waals surface area contributed by atoms with Gasteiger partial charge in [0.1, 0.15) is 0 Å². The molecule has 7 nitrogen and oxygen atoms in total. The number of carbonyl (C=O) groups excluding carboxylic acids is 1. The second kappa shape index (κ2) is 13.6. The molecule has 1 aliphatic heterocycles. The number of ether oxygens (including phenoxy) is 3. The fourth-order valence-corrected chi connectivity index (χ4v) is 4.88. The van der Waals surface area contributed by atoms with Crippen molar-refractivity contribution in [2.24, 2.45) is 11.8 Å². The topological polar surface area (TPSA) is 83.8 Å². The van der Waals surface area contributed by atoms with Crippen molar-refractivity contribution in [2.75, 3.05) is 52.0 Å². The third-order valence-electron chi connectivity index (χ3n) is 6.95. The number of rotatable bonds is 12. The lowest BCUT2D eigenvalue weighted by molar-refractivity contribution is 0.0980. The number of nitriles is 1. The maximum atomic E-state index is 14.0. The van der Waals surface area contributed by atoms with Crippen LogP contribution in [0.5, 0.6) is 11.5 Å². The first-order valence-electron chi connectivity index (χ1n) is 13.0. The third-order valence-corrected chi connectivity index (χ3v) is 6.95. The van der Waals surface area contributed by atoms with Gasteiger partial charge in [-0.05, 0) is 79.4 Å². The van der Waals surface area contributed by atoms with E-state index in [1.165, 1.54) is 5.56 Å². The summed E-state index contributed by atoms with van der Waals surface area (Å²) in [4.78, 5) is 15.8. The normalized spacial score (nSPS) is 16.6. The molecular formula is C31H35N3O4. The zero-order chi connectivity index (χ0) is 26.7. The SMILES string of the molecule is COCCCOc1cc(C(=O)N(C[C@H]2CNC[C@@H]2Cc2ccccc2)c2ccc(C#N)cc2)ccc1OC. The van der Waals surface area contributed by atoms with Gasteiger partial charge >= 0.3 is 0 Å². The molecule has 3 aromatic carbocycles. The molecule has 1 amide bonds. The molecule has 7 heteroatoms. The molecule has 1 saturated heterocycles. The van der Waals surface area contributed by atoms with Crippen LogP contribution in [0.1, 0.15) is 27.9 Å². The minimum absolute atomic E-state index is 0.121. The fraction of sp³-hybridized carbons (Fsp3) is 0.355. The Bertz CT molecular complexity index is 1220. The minimum atomic E-state index is -0.121. The van der Waals surface area contributed by atoms with Gasteiger partial charge in [0.25, 0.3) is 5.91 Å². The van der Waals surface area contributed by atoms with Gasteiger partial charge in [-0.25, -0.2) is 0 Å². The van der Waals surface area contributed by atoms with Crippen LogP contribution in [-0.2, 0) is 11.2 Å². The van der Waals surface area contributed by atoms with Crippen molar-refractivity contribution >= 4 is 11.6 Å². The largest absolute Gasteiger partial charge is 0.493 e. The van der Waals surface area contributed by atoms with Crippen molar-refractivity contribution < 1.29 is 19.0 Å². The summed E-state index contributed by atoms with van der Waals surface area (Å²) in [5.41, 5.74) is 3.13. The number of methoxy groups -OCH3 is 2. The lowest BCUT2D eigenvalue weighted by Gasteiger charge is -2.29. The maximum Gasteiger partial charge on any atom is 0.258 e. The molecule has 38 heavy (non-hydrogen) atoms.